The smallest absolute Gasteiger partial charge is 0.168 e. The quantitative estimate of drug-likeness (QED) is 0.817. The summed E-state index contributed by atoms with van der Waals surface area (Å²) in [5.41, 5.74) is 0.395. The predicted octanol–water partition coefficient (Wildman–Crippen LogP) is 1.68. The molecule has 1 fully saturated rings. The van der Waals surface area contributed by atoms with Crippen LogP contribution >= 0.6 is 12.6 Å². The number of rotatable bonds is 4. The number of nitrogens with one attached hydrogen (secondary N) is 1. The van der Waals surface area contributed by atoms with Gasteiger partial charge in [-0.25, -0.2) is 8.78 Å². The molecule has 1 heterocycles. The molecule has 0 bridgehead atoms. The summed E-state index contributed by atoms with van der Waals surface area (Å²) in [4.78, 5) is 1.89. The largest absolute Gasteiger partial charge is 0.490 e. The van der Waals surface area contributed by atoms with Crippen LogP contribution in [-0.2, 0) is 0 Å². The number of nitrogens with zero attached hydrogens (tertiary/aromatic N) is 1. The summed E-state index contributed by atoms with van der Waals surface area (Å²) in [6.07, 6.45) is 0. The lowest BCUT2D eigenvalue weighted by atomic mass is 10.2. The fourth-order valence-corrected chi connectivity index (χ4v) is 2.02. The number of piperazine rings is 1. The fourth-order valence-electron chi connectivity index (χ4n) is 1.93. The summed E-state index contributed by atoms with van der Waals surface area (Å²) in [6, 6.07) is 2.31. The Morgan fingerprint density at radius 1 is 1.22 bits per heavy atom. The Labute approximate surface area is 111 Å². The van der Waals surface area contributed by atoms with Crippen molar-refractivity contribution in [3.8, 4) is 5.75 Å². The van der Waals surface area contributed by atoms with Crippen LogP contribution in [-0.4, -0.2) is 38.5 Å². The Hall–Kier alpha value is -1.01. The second-order valence-electron chi connectivity index (χ2n) is 4.04. The lowest BCUT2D eigenvalue weighted by Gasteiger charge is -2.30. The molecule has 0 radical (unpaired) electrons. The average molecular weight is 274 g/mol. The molecule has 1 saturated heterocycles. The molecule has 0 aliphatic carbocycles. The monoisotopic (exact) mass is 274 g/mol. The number of halogens is 2. The van der Waals surface area contributed by atoms with Crippen molar-refractivity contribution in [3.05, 3.63) is 23.8 Å². The zero-order valence-corrected chi connectivity index (χ0v) is 10.9. The first kappa shape index (κ1) is 13.4. The van der Waals surface area contributed by atoms with Gasteiger partial charge < -0.3 is 15.0 Å². The molecular formula is C12H16F2N2OS. The molecule has 0 unspecified atom stereocenters. The third kappa shape index (κ3) is 3.05. The number of thiol groups is 1. The van der Waals surface area contributed by atoms with Gasteiger partial charge in [-0.05, 0) is 0 Å². The van der Waals surface area contributed by atoms with Gasteiger partial charge in [0.25, 0.3) is 0 Å². The van der Waals surface area contributed by atoms with Gasteiger partial charge >= 0.3 is 0 Å². The minimum absolute atomic E-state index is 0.0824. The maximum atomic E-state index is 13.8. The molecule has 1 aromatic rings. The molecule has 0 aromatic heterocycles. The molecule has 0 saturated carbocycles. The summed E-state index contributed by atoms with van der Waals surface area (Å²) in [5.74, 6) is -0.653. The zero-order valence-electron chi connectivity index (χ0n) is 9.96. The molecule has 1 aliphatic rings. The topological polar surface area (TPSA) is 24.5 Å². The molecule has 18 heavy (non-hydrogen) atoms. The second-order valence-corrected chi connectivity index (χ2v) is 4.49. The van der Waals surface area contributed by atoms with Crippen molar-refractivity contribution in [2.75, 3.05) is 43.4 Å². The van der Waals surface area contributed by atoms with Gasteiger partial charge in [-0.1, -0.05) is 0 Å². The number of hydrogen-bond acceptors (Lipinski definition) is 4. The van der Waals surface area contributed by atoms with E-state index < -0.39 is 11.6 Å². The van der Waals surface area contributed by atoms with Crippen LogP contribution in [0.4, 0.5) is 14.5 Å². The van der Waals surface area contributed by atoms with E-state index in [1.165, 1.54) is 6.07 Å². The van der Waals surface area contributed by atoms with E-state index in [0.29, 0.717) is 31.1 Å². The maximum Gasteiger partial charge on any atom is 0.168 e. The van der Waals surface area contributed by atoms with Crippen LogP contribution in [0.25, 0.3) is 0 Å². The van der Waals surface area contributed by atoms with Crippen molar-refractivity contribution in [2.45, 2.75) is 0 Å². The highest BCUT2D eigenvalue weighted by Crippen LogP contribution is 2.28. The van der Waals surface area contributed by atoms with E-state index in [2.05, 4.69) is 17.9 Å². The highest BCUT2D eigenvalue weighted by Gasteiger charge is 2.18. The van der Waals surface area contributed by atoms with E-state index in [1.54, 1.807) is 0 Å². The molecule has 1 aliphatic heterocycles. The van der Waals surface area contributed by atoms with E-state index >= 15 is 0 Å². The minimum atomic E-state index is -0.673. The van der Waals surface area contributed by atoms with Crippen molar-refractivity contribution in [3.63, 3.8) is 0 Å². The Balaban J connectivity index is 2.22. The first-order valence-corrected chi connectivity index (χ1v) is 6.54. The van der Waals surface area contributed by atoms with Crippen molar-refractivity contribution >= 4 is 18.3 Å². The fraction of sp³-hybridized carbons (Fsp3) is 0.500. The summed E-state index contributed by atoms with van der Waals surface area (Å²) >= 11 is 3.99. The van der Waals surface area contributed by atoms with Gasteiger partial charge in [0, 0.05) is 44.1 Å². The number of ether oxygens (including phenoxy) is 1. The Bertz CT molecular complexity index is 411. The molecular weight excluding hydrogens is 258 g/mol. The van der Waals surface area contributed by atoms with Crippen LogP contribution in [0.15, 0.2) is 12.1 Å². The van der Waals surface area contributed by atoms with Gasteiger partial charge in [-0.15, -0.1) is 0 Å². The molecule has 100 valence electrons. The number of hydrogen-bond donors (Lipinski definition) is 2. The lowest BCUT2D eigenvalue weighted by Crippen LogP contribution is -2.43. The lowest BCUT2D eigenvalue weighted by molar-refractivity contribution is 0.324. The normalized spacial score (nSPS) is 15.8. The SMILES string of the molecule is Fc1cc(F)c(N2CCNCC2)cc1OCCS. The van der Waals surface area contributed by atoms with Crippen LogP contribution in [0.1, 0.15) is 0 Å². The Morgan fingerprint density at radius 3 is 2.61 bits per heavy atom. The summed E-state index contributed by atoms with van der Waals surface area (Å²) in [5, 5.41) is 3.18. The van der Waals surface area contributed by atoms with E-state index in [1.807, 2.05) is 4.90 Å². The second kappa shape index (κ2) is 6.24. The Morgan fingerprint density at radius 2 is 1.94 bits per heavy atom. The van der Waals surface area contributed by atoms with E-state index in [4.69, 9.17) is 4.74 Å². The van der Waals surface area contributed by atoms with Crippen molar-refractivity contribution in [1.29, 1.82) is 0 Å². The average Bonchev–Trinajstić information content (AvgIpc) is 2.39. The summed E-state index contributed by atoms with van der Waals surface area (Å²) < 4.78 is 32.5. The third-order valence-electron chi connectivity index (χ3n) is 2.81. The molecule has 2 rings (SSSR count). The van der Waals surface area contributed by atoms with Crippen LogP contribution < -0.4 is 15.0 Å². The highest BCUT2D eigenvalue weighted by atomic mass is 32.1. The molecule has 1 aromatic carbocycles. The zero-order chi connectivity index (χ0) is 13.0. The summed E-state index contributed by atoms with van der Waals surface area (Å²) in [7, 11) is 0. The first-order valence-electron chi connectivity index (χ1n) is 5.90. The van der Waals surface area contributed by atoms with E-state index in [9.17, 15) is 8.78 Å². The van der Waals surface area contributed by atoms with Gasteiger partial charge in [0.1, 0.15) is 5.82 Å². The molecule has 0 amide bonds. The van der Waals surface area contributed by atoms with E-state index in [0.717, 1.165) is 19.2 Å². The summed E-state index contributed by atoms with van der Waals surface area (Å²) in [6.45, 7) is 3.29. The number of benzene rings is 1. The van der Waals surface area contributed by atoms with Crippen molar-refractivity contribution < 1.29 is 13.5 Å². The maximum absolute atomic E-state index is 13.8. The van der Waals surface area contributed by atoms with Gasteiger partial charge in [-0.3, -0.25) is 0 Å². The van der Waals surface area contributed by atoms with Crippen LogP contribution in [0, 0.1) is 11.6 Å². The van der Waals surface area contributed by atoms with Crippen molar-refractivity contribution in [2.24, 2.45) is 0 Å². The molecule has 3 nitrogen and oxygen atoms in total. The molecule has 1 N–H and O–H groups in total. The molecule has 0 spiro atoms. The molecule has 6 heteroatoms. The van der Waals surface area contributed by atoms with Crippen LogP contribution in [0.5, 0.6) is 5.75 Å². The molecule has 0 atom stereocenters. The first-order chi connectivity index (χ1) is 8.72. The van der Waals surface area contributed by atoms with Gasteiger partial charge in [0.2, 0.25) is 0 Å². The minimum Gasteiger partial charge on any atom is -0.490 e. The van der Waals surface area contributed by atoms with Crippen LogP contribution in [0.2, 0.25) is 0 Å². The van der Waals surface area contributed by atoms with Gasteiger partial charge in [0.15, 0.2) is 11.6 Å². The highest BCUT2D eigenvalue weighted by molar-refractivity contribution is 7.80. The van der Waals surface area contributed by atoms with Gasteiger partial charge in [0.05, 0.1) is 12.3 Å². The number of anilines is 1. The standard InChI is InChI=1S/C12H16F2N2OS/c13-9-7-10(14)12(17-5-6-18)8-11(9)16-3-1-15-2-4-16/h7-8,15,18H,1-6H2. The van der Waals surface area contributed by atoms with Gasteiger partial charge in [-0.2, -0.15) is 12.6 Å². The van der Waals surface area contributed by atoms with E-state index in [-0.39, 0.29) is 5.75 Å². The van der Waals surface area contributed by atoms with Crippen molar-refractivity contribution in [1.82, 2.24) is 5.32 Å². The van der Waals surface area contributed by atoms with Crippen LogP contribution in [0.3, 0.4) is 0 Å². The Kier molecular flexibility index (Phi) is 4.66. The predicted molar refractivity (Wildman–Crippen MR) is 70.8 cm³/mol. The third-order valence-corrected chi connectivity index (χ3v) is 2.99.